The molecule has 1 N–H and O–H groups in total. The fourth-order valence-corrected chi connectivity index (χ4v) is 1.86. The SMILES string of the molecule is N#Cc1ccc2c(c1)ncn2C1CCN1. The van der Waals surface area contributed by atoms with Crippen LogP contribution in [0.1, 0.15) is 18.2 Å². The van der Waals surface area contributed by atoms with Crippen LogP contribution in [0.4, 0.5) is 0 Å². The lowest BCUT2D eigenvalue weighted by molar-refractivity contribution is 0.287. The summed E-state index contributed by atoms with van der Waals surface area (Å²) < 4.78 is 2.12. The van der Waals surface area contributed by atoms with E-state index in [9.17, 15) is 0 Å². The second kappa shape index (κ2) is 3.07. The molecule has 74 valence electrons. The van der Waals surface area contributed by atoms with Gasteiger partial charge in [-0.25, -0.2) is 4.98 Å². The average molecular weight is 198 g/mol. The molecule has 1 saturated heterocycles. The van der Waals surface area contributed by atoms with Crippen molar-refractivity contribution in [3.05, 3.63) is 30.1 Å². The number of imidazole rings is 1. The van der Waals surface area contributed by atoms with Gasteiger partial charge in [-0.15, -0.1) is 0 Å². The summed E-state index contributed by atoms with van der Waals surface area (Å²) in [6.45, 7) is 1.07. The van der Waals surface area contributed by atoms with E-state index >= 15 is 0 Å². The van der Waals surface area contributed by atoms with Crippen LogP contribution in [-0.2, 0) is 0 Å². The molecule has 1 atom stereocenters. The second-order valence-corrected chi connectivity index (χ2v) is 3.73. The van der Waals surface area contributed by atoms with Crippen LogP contribution in [0.25, 0.3) is 11.0 Å². The summed E-state index contributed by atoms with van der Waals surface area (Å²) in [6.07, 6.45) is 3.36. The predicted octanol–water partition coefficient (Wildman–Crippen LogP) is 1.40. The maximum Gasteiger partial charge on any atom is 0.0992 e. The van der Waals surface area contributed by atoms with Gasteiger partial charge in [0.2, 0.25) is 0 Å². The van der Waals surface area contributed by atoms with E-state index in [1.54, 1.807) is 0 Å². The van der Waals surface area contributed by atoms with Crippen molar-refractivity contribution in [2.75, 3.05) is 6.54 Å². The zero-order chi connectivity index (χ0) is 10.3. The quantitative estimate of drug-likeness (QED) is 0.753. The zero-order valence-electron chi connectivity index (χ0n) is 8.14. The van der Waals surface area contributed by atoms with E-state index in [2.05, 4.69) is 20.9 Å². The van der Waals surface area contributed by atoms with Crippen molar-refractivity contribution in [2.45, 2.75) is 12.6 Å². The molecule has 1 aromatic heterocycles. The molecule has 2 heterocycles. The van der Waals surface area contributed by atoms with Gasteiger partial charge in [-0.2, -0.15) is 5.26 Å². The van der Waals surface area contributed by atoms with Crippen molar-refractivity contribution < 1.29 is 0 Å². The predicted molar refractivity (Wildman–Crippen MR) is 56.1 cm³/mol. The molecule has 2 aromatic rings. The van der Waals surface area contributed by atoms with Gasteiger partial charge >= 0.3 is 0 Å². The van der Waals surface area contributed by atoms with Gasteiger partial charge in [-0.3, -0.25) is 5.32 Å². The average Bonchev–Trinajstić information content (AvgIpc) is 2.59. The Balaban J connectivity index is 2.14. The van der Waals surface area contributed by atoms with Crippen LogP contribution >= 0.6 is 0 Å². The highest BCUT2D eigenvalue weighted by Gasteiger charge is 2.19. The standard InChI is InChI=1S/C11H10N4/c12-6-8-1-2-10-9(5-8)14-7-15(10)11-3-4-13-11/h1-2,5,7,11,13H,3-4H2. The largest absolute Gasteiger partial charge is 0.314 e. The van der Waals surface area contributed by atoms with E-state index in [1.807, 2.05) is 24.5 Å². The molecule has 1 fully saturated rings. The summed E-state index contributed by atoms with van der Waals surface area (Å²) >= 11 is 0. The summed E-state index contributed by atoms with van der Waals surface area (Å²) in [5.41, 5.74) is 2.64. The lowest BCUT2D eigenvalue weighted by atomic mass is 10.2. The van der Waals surface area contributed by atoms with Crippen LogP contribution < -0.4 is 5.32 Å². The first kappa shape index (κ1) is 8.45. The molecule has 0 saturated carbocycles. The number of nitrogens with one attached hydrogen (secondary N) is 1. The van der Waals surface area contributed by atoms with Crippen molar-refractivity contribution in [3.63, 3.8) is 0 Å². The Labute approximate surface area is 87.1 Å². The molecule has 4 nitrogen and oxygen atoms in total. The Morgan fingerprint density at radius 1 is 1.53 bits per heavy atom. The number of fused-ring (bicyclic) bond motifs is 1. The minimum absolute atomic E-state index is 0.378. The van der Waals surface area contributed by atoms with E-state index < -0.39 is 0 Å². The molecular weight excluding hydrogens is 188 g/mol. The van der Waals surface area contributed by atoms with E-state index in [0.29, 0.717) is 11.7 Å². The van der Waals surface area contributed by atoms with Crippen molar-refractivity contribution in [2.24, 2.45) is 0 Å². The monoisotopic (exact) mass is 198 g/mol. The summed E-state index contributed by atoms with van der Waals surface area (Å²) in [6, 6.07) is 7.74. The number of nitrogens with zero attached hydrogens (tertiary/aromatic N) is 3. The first-order chi connectivity index (χ1) is 7.38. The highest BCUT2D eigenvalue weighted by atomic mass is 15.2. The molecule has 0 aliphatic carbocycles. The van der Waals surface area contributed by atoms with E-state index in [-0.39, 0.29) is 0 Å². The third-order valence-electron chi connectivity index (χ3n) is 2.84. The topological polar surface area (TPSA) is 53.6 Å². The third kappa shape index (κ3) is 1.21. The van der Waals surface area contributed by atoms with Crippen molar-refractivity contribution in [3.8, 4) is 6.07 Å². The Morgan fingerprint density at radius 2 is 2.40 bits per heavy atom. The fourth-order valence-electron chi connectivity index (χ4n) is 1.86. The molecule has 0 amide bonds. The number of nitriles is 1. The van der Waals surface area contributed by atoms with Crippen molar-refractivity contribution >= 4 is 11.0 Å². The van der Waals surface area contributed by atoms with Gasteiger partial charge in [0.1, 0.15) is 0 Å². The highest BCUT2D eigenvalue weighted by molar-refractivity contribution is 5.77. The van der Waals surface area contributed by atoms with Crippen LogP contribution in [0.5, 0.6) is 0 Å². The van der Waals surface area contributed by atoms with Gasteiger partial charge in [-0.1, -0.05) is 0 Å². The molecule has 0 spiro atoms. The summed E-state index contributed by atoms with van der Waals surface area (Å²) in [5.74, 6) is 0. The number of hydrogen-bond acceptors (Lipinski definition) is 3. The Morgan fingerprint density at radius 3 is 3.07 bits per heavy atom. The van der Waals surface area contributed by atoms with Gasteiger partial charge in [-0.05, 0) is 24.6 Å². The molecular formula is C11H10N4. The van der Waals surface area contributed by atoms with Crippen LogP contribution in [0.2, 0.25) is 0 Å². The normalized spacial score (nSPS) is 19.8. The Bertz CT molecular complexity index is 545. The molecule has 15 heavy (non-hydrogen) atoms. The third-order valence-corrected chi connectivity index (χ3v) is 2.84. The summed E-state index contributed by atoms with van der Waals surface area (Å²) in [4.78, 5) is 4.30. The first-order valence-corrected chi connectivity index (χ1v) is 4.98. The summed E-state index contributed by atoms with van der Waals surface area (Å²) in [7, 11) is 0. The van der Waals surface area contributed by atoms with Gasteiger partial charge in [0.05, 0.1) is 35.2 Å². The van der Waals surface area contributed by atoms with Crippen molar-refractivity contribution in [1.29, 1.82) is 5.26 Å². The Kier molecular flexibility index (Phi) is 1.73. The number of aromatic nitrogens is 2. The van der Waals surface area contributed by atoms with Crippen LogP contribution in [-0.4, -0.2) is 16.1 Å². The fraction of sp³-hybridized carbons (Fsp3) is 0.273. The van der Waals surface area contributed by atoms with Gasteiger partial charge < -0.3 is 4.57 Å². The van der Waals surface area contributed by atoms with Crippen LogP contribution in [0.3, 0.4) is 0 Å². The smallest absolute Gasteiger partial charge is 0.0992 e. The second-order valence-electron chi connectivity index (χ2n) is 3.73. The number of rotatable bonds is 1. The molecule has 1 aromatic carbocycles. The Hall–Kier alpha value is -1.86. The molecule has 1 unspecified atom stereocenters. The van der Waals surface area contributed by atoms with Gasteiger partial charge in [0.15, 0.2) is 0 Å². The zero-order valence-corrected chi connectivity index (χ0v) is 8.14. The molecule has 1 aliphatic rings. The van der Waals surface area contributed by atoms with Crippen molar-refractivity contribution in [1.82, 2.24) is 14.9 Å². The number of hydrogen-bond donors (Lipinski definition) is 1. The van der Waals surface area contributed by atoms with E-state index in [4.69, 9.17) is 5.26 Å². The first-order valence-electron chi connectivity index (χ1n) is 4.98. The lowest BCUT2D eigenvalue weighted by Crippen LogP contribution is -2.38. The highest BCUT2D eigenvalue weighted by Crippen LogP contribution is 2.22. The minimum atomic E-state index is 0.378. The lowest BCUT2D eigenvalue weighted by Gasteiger charge is -2.29. The number of benzene rings is 1. The molecule has 1 aliphatic heterocycles. The molecule has 0 radical (unpaired) electrons. The van der Waals surface area contributed by atoms with E-state index in [1.165, 1.54) is 0 Å². The molecule has 4 heteroatoms. The summed E-state index contributed by atoms with van der Waals surface area (Å²) in [5, 5.41) is 12.1. The van der Waals surface area contributed by atoms with E-state index in [0.717, 1.165) is 24.0 Å². The molecule has 0 bridgehead atoms. The minimum Gasteiger partial charge on any atom is -0.314 e. The van der Waals surface area contributed by atoms with Crippen LogP contribution in [0.15, 0.2) is 24.5 Å². The van der Waals surface area contributed by atoms with Gasteiger partial charge in [0, 0.05) is 6.54 Å². The van der Waals surface area contributed by atoms with Gasteiger partial charge in [0.25, 0.3) is 0 Å². The molecule has 3 rings (SSSR count). The van der Waals surface area contributed by atoms with Crippen LogP contribution in [0, 0.1) is 11.3 Å². The maximum atomic E-state index is 8.77. The maximum absolute atomic E-state index is 8.77.